The number of hydrogen-bond donors (Lipinski definition) is 3. The second-order valence-corrected chi connectivity index (χ2v) is 10.0. The first-order valence-electron chi connectivity index (χ1n) is 11.3. The molecule has 3 N–H and O–H groups in total. The van der Waals surface area contributed by atoms with Crippen LogP contribution in [0.4, 0.5) is 18.9 Å². The third kappa shape index (κ3) is 7.71. The first-order valence-corrected chi connectivity index (χ1v) is 11.7. The zero-order valence-corrected chi connectivity index (χ0v) is 20.5. The summed E-state index contributed by atoms with van der Waals surface area (Å²) in [4.78, 5) is 29.5. The van der Waals surface area contributed by atoms with E-state index in [1.807, 2.05) is 20.8 Å². The maximum Gasteiger partial charge on any atom is 0.258 e. The number of benzene rings is 2. The SMILES string of the molecule is CC(C)(C)C(=O)NC1CCC(N=C(NC(=O)c2ccc(F)c(F)c2)Nc2cc(F)cc(Cl)c2)CC1. The van der Waals surface area contributed by atoms with E-state index in [9.17, 15) is 22.8 Å². The molecular weight excluding hydrogens is 481 g/mol. The smallest absolute Gasteiger partial charge is 0.258 e. The molecule has 188 valence electrons. The lowest BCUT2D eigenvalue weighted by Gasteiger charge is -2.30. The Bertz CT molecular complexity index is 1110. The molecule has 0 radical (unpaired) electrons. The number of halogens is 4. The van der Waals surface area contributed by atoms with Crippen molar-refractivity contribution >= 4 is 35.1 Å². The van der Waals surface area contributed by atoms with Crippen LogP contribution in [0, 0.1) is 22.9 Å². The van der Waals surface area contributed by atoms with Gasteiger partial charge in [0.15, 0.2) is 11.6 Å². The normalized spacial score (nSPS) is 18.7. The fourth-order valence-corrected chi connectivity index (χ4v) is 3.83. The minimum Gasteiger partial charge on any atom is -0.353 e. The van der Waals surface area contributed by atoms with Crippen LogP contribution in [0.3, 0.4) is 0 Å². The highest BCUT2D eigenvalue weighted by Crippen LogP contribution is 2.24. The molecule has 6 nitrogen and oxygen atoms in total. The van der Waals surface area contributed by atoms with Crippen LogP contribution in [0.15, 0.2) is 41.4 Å². The summed E-state index contributed by atoms with van der Waals surface area (Å²) in [6.07, 6.45) is 2.69. The molecule has 0 aliphatic heterocycles. The van der Waals surface area contributed by atoms with Crippen LogP contribution >= 0.6 is 11.6 Å². The first-order chi connectivity index (χ1) is 16.4. The van der Waals surface area contributed by atoms with E-state index in [0.717, 1.165) is 24.3 Å². The van der Waals surface area contributed by atoms with Crippen molar-refractivity contribution < 1.29 is 22.8 Å². The molecule has 0 atom stereocenters. The van der Waals surface area contributed by atoms with E-state index in [1.54, 1.807) is 0 Å². The summed E-state index contributed by atoms with van der Waals surface area (Å²) in [6.45, 7) is 5.56. The fourth-order valence-electron chi connectivity index (χ4n) is 3.61. The van der Waals surface area contributed by atoms with Gasteiger partial charge in [0.05, 0.1) is 6.04 Å². The highest BCUT2D eigenvalue weighted by Gasteiger charge is 2.27. The van der Waals surface area contributed by atoms with E-state index >= 15 is 0 Å². The number of anilines is 1. The molecule has 2 aromatic rings. The van der Waals surface area contributed by atoms with Gasteiger partial charge >= 0.3 is 0 Å². The molecule has 35 heavy (non-hydrogen) atoms. The molecule has 0 aromatic heterocycles. The highest BCUT2D eigenvalue weighted by molar-refractivity contribution is 6.31. The Morgan fingerprint density at radius 3 is 2.26 bits per heavy atom. The van der Waals surface area contributed by atoms with Gasteiger partial charge in [-0.1, -0.05) is 32.4 Å². The van der Waals surface area contributed by atoms with Crippen molar-refractivity contribution in [1.29, 1.82) is 0 Å². The topological polar surface area (TPSA) is 82.6 Å². The van der Waals surface area contributed by atoms with Crippen LogP contribution in [-0.4, -0.2) is 29.9 Å². The molecule has 1 saturated carbocycles. The first kappa shape index (κ1) is 26.5. The Morgan fingerprint density at radius 2 is 1.66 bits per heavy atom. The van der Waals surface area contributed by atoms with Gasteiger partial charge in [-0.15, -0.1) is 0 Å². The molecule has 0 saturated heterocycles. The standard InChI is InChI=1S/C25H28ClF3N4O2/c1-25(2,3)23(35)30-17-5-7-18(8-6-17)31-24(32-19-12-15(26)11-16(27)13-19)33-22(34)14-4-9-20(28)21(29)10-14/h4,9-13,17-18H,5-8H2,1-3H3,(H,30,35)(H2,31,32,33,34). The Balaban J connectivity index is 1.75. The summed E-state index contributed by atoms with van der Waals surface area (Å²) in [6, 6.07) is 6.41. The van der Waals surface area contributed by atoms with E-state index in [2.05, 4.69) is 20.9 Å². The predicted octanol–water partition coefficient (Wildman–Crippen LogP) is 5.43. The summed E-state index contributed by atoms with van der Waals surface area (Å²) < 4.78 is 40.7. The Kier molecular flexibility index (Phi) is 8.43. The molecule has 0 unspecified atom stereocenters. The number of nitrogens with one attached hydrogen (secondary N) is 3. The van der Waals surface area contributed by atoms with Gasteiger partial charge in [0.2, 0.25) is 11.9 Å². The zero-order valence-electron chi connectivity index (χ0n) is 19.7. The van der Waals surface area contributed by atoms with Crippen molar-refractivity contribution in [3.8, 4) is 0 Å². The van der Waals surface area contributed by atoms with Crippen LogP contribution in [0.1, 0.15) is 56.8 Å². The quantitative estimate of drug-likeness (QED) is 0.380. The van der Waals surface area contributed by atoms with Gasteiger partial charge in [-0.05, 0) is 62.1 Å². The molecule has 0 spiro atoms. The Labute approximate surface area is 207 Å². The molecule has 1 aliphatic rings. The van der Waals surface area contributed by atoms with Gasteiger partial charge < -0.3 is 10.6 Å². The molecule has 3 rings (SSSR count). The molecule has 1 fully saturated rings. The van der Waals surface area contributed by atoms with Crippen molar-refractivity contribution in [1.82, 2.24) is 10.6 Å². The van der Waals surface area contributed by atoms with E-state index in [1.165, 1.54) is 12.1 Å². The number of amides is 2. The number of carbonyl (C=O) groups excluding carboxylic acids is 2. The van der Waals surface area contributed by atoms with Crippen molar-refractivity contribution in [3.05, 3.63) is 64.4 Å². The van der Waals surface area contributed by atoms with Crippen molar-refractivity contribution in [3.63, 3.8) is 0 Å². The fraction of sp³-hybridized carbons (Fsp3) is 0.400. The van der Waals surface area contributed by atoms with Crippen LogP contribution < -0.4 is 16.0 Å². The van der Waals surface area contributed by atoms with Crippen LogP contribution in [-0.2, 0) is 4.79 Å². The number of carbonyl (C=O) groups is 2. The molecular formula is C25H28ClF3N4O2. The maximum atomic E-state index is 13.8. The van der Waals surface area contributed by atoms with E-state index < -0.39 is 28.8 Å². The monoisotopic (exact) mass is 508 g/mol. The lowest BCUT2D eigenvalue weighted by atomic mass is 9.89. The van der Waals surface area contributed by atoms with E-state index in [4.69, 9.17) is 11.6 Å². The number of guanidine groups is 1. The summed E-state index contributed by atoms with van der Waals surface area (Å²) in [5.41, 5.74) is -0.336. The second-order valence-electron chi connectivity index (χ2n) is 9.57. The van der Waals surface area contributed by atoms with Crippen LogP contribution in [0.5, 0.6) is 0 Å². The lowest BCUT2D eigenvalue weighted by molar-refractivity contribution is -0.129. The zero-order chi connectivity index (χ0) is 25.8. The molecule has 2 amide bonds. The van der Waals surface area contributed by atoms with E-state index in [0.29, 0.717) is 25.7 Å². The van der Waals surface area contributed by atoms with Crippen LogP contribution in [0.2, 0.25) is 5.02 Å². The van der Waals surface area contributed by atoms with Gasteiger partial charge in [-0.25, -0.2) is 18.2 Å². The largest absolute Gasteiger partial charge is 0.353 e. The average molecular weight is 509 g/mol. The number of aliphatic imine (C=N–C) groups is 1. The summed E-state index contributed by atoms with van der Waals surface area (Å²) >= 11 is 5.93. The highest BCUT2D eigenvalue weighted by atomic mass is 35.5. The van der Waals surface area contributed by atoms with E-state index in [-0.39, 0.29) is 40.2 Å². The van der Waals surface area contributed by atoms with Crippen molar-refractivity contribution in [2.45, 2.75) is 58.5 Å². The van der Waals surface area contributed by atoms with Gasteiger partial charge in [0, 0.05) is 27.7 Å². The van der Waals surface area contributed by atoms with Gasteiger partial charge in [-0.3, -0.25) is 14.9 Å². The Hall–Kier alpha value is -3.07. The molecule has 10 heteroatoms. The number of hydrogen-bond acceptors (Lipinski definition) is 3. The van der Waals surface area contributed by atoms with Gasteiger partial charge in [-0.2, -0.15) is 0 Å². The maximum absolute atomic E-state index is 13.8. The van der Waals surface area contributed by atoms with Crippen molar-refractivity contribution in [2.75, 3.05) is 5.32 Å². The van der Waals surface area contributed by atoms with Crippen LogP contribution in [0.25, 0.3) is 0 Å². The van der Waals surface area contributed by atoms with Gasteiger partial charge in [0.25, 0.3) is 5.91 Å². The third-order valence-electron chi connectivity index (χ3n) is 5.56. The second kappa shape index (κ2) is 11.1. The molecule has 2 aromatic carbocycles. The number of nitrogens with zero attached hydrogens (tertiary/aromatic N) is 1. The van der Waals surface area contributed by atoms with Gasteiger partial charge in [0.1, 0.15) is 5.82 Å². The predicted molar refractivity (Wildman–Crippen MR) is 130 cm³/mol. The Morgan fingerprint density at radius 1 is 0.971 bits per heavy atom. The molecule has 1 aliphatic carbocycles. The number of rotatable bonds is 4. The minimum absolute atomic E-state index is 0.0172. The molecule has 0 bridgehead atoms. The summed E-state index contributed by atoms with van der Waals surface area (Å²) in [5.74, 6) is -3.53. The minimum atomic E-state index is -1.16. The molecule has 0 heterocycles. The van der Waals surface area contributed by atoms with Crippen molar-refractivity contribution in [2.24, 2.45) is 10.4 Å². The third-order valence-corrected chi connectivity index (χ3v) is 5.78. The summed E-state index contributed by atoms with van der Waals surface area (Å²) in [7, 11) is 0. The average Bonchev–Trinajstić information content (AvgIpc) is 2.75. The lowest BCUT2D eigenvalue weighted by Crippen LogP contribution is -2.44. The summed E-state index contributed by atoms with van der Waals surface area (Å²) in [5, 5.41) is 8.61.